The van der Waals surface area contributed by atoms with Gasteiger partial charge >= 0.3 is 5.97 Å². The van der Waals surface area contributed by atoms with Crippen LogP contribution in [-0.2, 0) is 10.0 Å². The largest absolute Gasteiger partial charge is 0.476 e. The molecule has 0 spiro atoms. The minimum atomic E-state index is -3.83. The zero-order chi connectivity index (χ0) is 19.1. The molecule has 3 N–H and O–H groups in total. The third kappa shape index (κ3) is 3.48. The summed E-state index contributed by atoms with van der Waals surface area (Å²) in [6.07, 6.45) is 0. The lowest BCUT2D eigenvalue weighted by Crippen LogP contribution is -2.12. The van der Waals surface area contributed by atoms with E-state index in [0.29, 0.717) is 22.0 Å². The van der Waals surface area contributed by atoms with E-state index in [4.69, 9.17) is 16.7 Å². The number of carboxylic acids is 1. The van der Waals surface area contributed by atoms with Gasteiger partial charge in [0, 0.05) is 5.56 Å². The lowest BCUT2D eigenvalue weighted by atomic mass is 10.1. The second-order valence-electron chi connectivity index (χ2n) is 5.65. The molecule has 0 aliphatic rings. The van der Waals surface area contributed by atoms with Gasteiger partial charge in [0.1, 0.15) is 0 Å². The molecule has 0 fully saturated rings. The van der Waals surface area contributed by atoms with Crippen molar-refractivity contribution in [1.82, 2.24) is 9.78 Å². The van der Waals surface area contributed by atoms with Crippen LogP contribution in [0, 0.1) is 6.92 Å². The molecule has 0 saturated heterocycles. The number of hydrogen-bond donors (Lipinski definition) is 2. The monoisotopic (exact) mass is 391 g/mol. The summed E-state index contributed by atoms with van der Waals surface area (Å²) >= 11 is 6.31. The number of nitrogens with two attached hydrogens (primary N) is 1. The molecule has 0 bridgehead atoms. The maximum Gasteiger partial charge on any atom is 0.356 e. The van der Waals surface area contributed by atoms with Gasteiger partial charge in [-0.15, -0.1) is 0 Å². The first-order valence-corrected chi connectivity index (χ1v) is 9.32. The molecule has 0 aliphatic heterocycles. The number of aryl methyl sites for hydroxylation is 1. The fraction of sp³-hybridized carbons (Fsp3) is 0.0588. The van der Waals surface area contributed by atoms with Crippen LogP contribution >= 0.6 is 11.6 Å². The molecule has 9 heteroatoms. The highest BCUT2D eigenvalue weighted by Gasteiger charge is 2.18. The van der Waals surface area contributed by atoms with Crippen molar-refractivity contribution in [2.75, 3.05) is 0 Å². The molecule has 0 unspecified atom stereocenters. The molecule has 3 rings (SSSR count). The maximum absolute atomic E-state index is 11.4. The first-order chi connectivity index (χ1) is 12.2. The molecular weight excluding hydrogens is 378 g/mol. The summed E-state index contributed by atoms with van der Waals surface area (Å²) in [6.45, 7) is 1.89. The lowest BCUT2D eigenvalue weighted by Gasteiger charge is -2.10. The Morgan fingerprint density at radius 2 is 1.81 bits per heavy atom. The number of aromatic nitrogens is 2. The van der Waals surface area contributed by atoms with Crippen LogP contribution in [0.4, 0.5) is 0 Å². The molecule has 1 heterocycles. The fourth-order valence-corrected chi connectivity index (χ4v) is 3.33. The zero-order valence-electron chi connectivity index (χ0n) is 13.5. The molecule has 3 aromatic rings. The molecular formula is C17H14ClN3O4S. The zero-order valence-corrected chi connectivity index (χ0v) is 15.1. The van der Waals surface area contributed by atoms with Gasteiger partial charge < -0.3 is 5.11 Å². The Kier molecular flexibility index (Phi) is 4.57. The SMILES string of the molecule is Cc1ccc(-c2cc(C(=O)O)nn2-c2ccc(S(N)(=O)=O)cc2)c(Cl)c1. The maximum atomic E-state index is 11.4. The van der Waals surface area contributed by atoms with E-state index in [-0.39, 0.29) is 10.6 Å². The number of carbonyl (C=O) groups is 1. The van der Waals surface area contributed by atoms with Gasteiger partial charge in [0.25, 0.3) is 0 Å². The Bertz CT molecular complexity index is 1110. The van der Waals surface area contributed by atoms with Gasteiger partial charge in [-0.25, -0.2) is 23.0 Å². The highest BCUT2D eigenvalue weighted by Crippen LogP contribution is 2.31. The average molecular weight is 392 g/mol. The van der Waals surface area contributed by atoms with Crippen molar-refractivity contribution >= 4 is 27.6 Å². The van der Waals surface area contributed by atoms with E-state index in [2.05, 4.69) is 5.10 Å². The van der Waals surface area contributed by atoms with Crippen LogP contribution in [-0.4, -0.2) is 29.3 Å². The number of nitrogens with zero attached hydrogens (tertiary/aromatic N) is 2. The van der Waals surface area contributed by atoms with Crippen LogP contribution in [0.5, 0.6) is 0 Å². The summed E-state index contributed by atoms with van der Waals surface area (Å²) in [4.78, 5) is 11.3. The summed E-state index contributed by atoms with van der Waals surface area (Å²) in [5.74, 6) is -1.19. The summed E-state index contributed by atoms with van der Waals surface area (Å²) in [5, 5.41) is 18.9. The van der Waals surface area contributed by atoms with Gasteiger partial charge in [-0.1, -0.05) is 23.7 Å². The quantitative estimate of drug-likeness (QED) is 0.709. The van der Waals surface area contributed by atoms with E-state index < -0.39 is 16.0 Å². The van der Waals surface area contributed by atoms with E-state index in [9.17, 15) is 18.3 Å². The van der Waals surface area contributed by atoms with Crippen LogP contribution in [0.3, 0.4) is 0 Å². The molecule has 0 radical (unpaired) electrons. The molecule has 0 amide bonds. The number of rotatable bonds is 4. The average Bonchev–Trinajstić information content (AvgIpc) is 2.99. The number of primary sulfonamides is 1. The van der Waals surface area contributed by atoms with E-state index in [0.717, 1.165) is 5.56 Å². The molecule has 134 valence electrons. The summed E-state index contributed by atoms with van der Waals surface area (Å²) in [7, 11) is -3.83. The van der Waals surface area contributed by atoms with Crippen LogP contribution < -0.4 is 5.14 Å². The topological polar surface area (TPSA) is 115 Å². The highest BCUT2D eigenvalue weighted by molar-refractivity contribution is 7.89. The number of benzene rings is 2. The second-order valence-corrected chi connectivity index (χ2v) is 7.62. The van der Waals surface area contributed by atoms with Gasteiger partial charge in [-0.05, 0) is 48.9 Å². The van der Waals surface area contributed by atoms with Crippen molar-refractivity contribution in [3.8, 4) is 16.9 Å². The van der Waals surface area contributed by atoms with Gasteiger partial charge in [-0.2, -0.15) is 5.10 Å². The summed E-state index contributed by atoms with van der Waals surface area (Å²) in [5.41, 5.74) is 2.34. The Morgan fingerprint density at radius 1 is 1.15 bits per heavy atom. The molecule has 0 atom stereocenters. The minimum absolute atomic E-state index is 0.0539. The van der Waals surface area contributed by atoms with Gasteiger partial charge in [-0.3, -0.25) is 0 Å². The number of sulfonamides is 1. The number of hydrogen-bond acceptors (Lipinski definition) is 4. The standard InChI is InChI=1S/C17H14ClN3O4S/c1-10-2-7-13(14(18)8-10)16-9-15(17(22)23)20-21(16)11-3-5-12(6-4-11)26(19,24)25/h2-9H,1H3,(H,22,23)(H2,19,24,25). The Labute approximate surface area is 154 Å². The predicted octanol–water partition coefficient (Wildman–Crippen LogP) is 2.85. The van der Waals surface area contributed by atoms with Crippen molar-refractivity contribution in [2.45, 2.75) is 11.8 Å². The predicted molar refractivity (Wildman–Crippen MR) is 97.1 cm³/mol. The summed E-state index contributed by atoms with van der Waals surface area (Å²) in [6, 6.07) is 12.4. The fourth-order valence-electron chi connectivity index (χ4n) is 2.48. The van der Waals surface area contributed by atoms with E-state index >= 15 is 0 Å². The van der Waals surface area contributed by atoms with Gasteiger partial charge in [0.15, 0.2) is 5.69 Å². The van der Waals surface area contributed by atoms with E-state index in [1.54, 1.807) is 12.1 Å². The third-order valence-electron chi connectivity index (χ3n) is 3.74. The smallest absolute Gasteiger partial charge is 0.356 e. The highest BCUT2D eigenvalue weighted by atomic mass is 35.5. The minimum Gasteiger partial charge on any atom is -0.476 e. The number of carboxylic acid groups (broad SMARTS) is 1. The van der Waals surface area contributed by atoms with Crippen LogP contribution in [0.15, 0.2) is 53.4 Å². The second kappa shape index (κ2) is 6.56. The van der Waals surface area contributed by atoms with Crippen LogP contribution in [0.25, 0.3) is 16.9 Å². The lowest BCUT2D eigenvalue weighted by molar-refractivity contribution is 0.0690. The molecule has 2 aromatic carbocycles. The van der Waals surface area contributed by atoms with Crippen LogP contribution in [0.2, 0.25) is 5.02 Å². The number of halogens is 1. The van der Waals surface area contributed by atoms with Crippen molar-refractivity contribution < 1.29 is 18.3 Å². The van der Waals surface area contributed by atoms with E-state index in [1.807, 2.05) is 13.0 Å². The first-order valence-electron chi connectivity index (χ1n) is 7.40. The van der Waals surface area contributed by atoms with Gasteiger partial charge in [0.05, 0.1) is 21.3 Å². The Morgan fingerprint density at radius 3 is 2.35 bits per heavy atom. The Hall–Kier alpha value is -2.68. The van der Waals surface area contributed by atoms with Crippen LogP contribution in [0.1, 0.15) is 16.1 Å². The molecule has 1 aromatic heterocycles. The van der Waals surface area contributed by atoms with Crippen molar-refractivity contribution in [3.05, 3.63) is 64.8 Å². The summed E-state index contributed by atoms with van der Waals surface area (Å²) < 4.78 is 24.2. The molecule has 0 aliphatic carbocycles. The molecule has 0 saturated carbocycles. The Balaban J connectivity index is 2.19. The molecule has 26 heavy (non-hydrogen) atoms. The van der Waals surface area contributed by atoms with Crippen molar-refractivity contribution in [3.63, 3.8) is 0 Å². The van der Waals surface area contributed by atoms with Crippen molar-refractivity contribution in [1.29, 1.82) is 0 Å². The normalized spacial score (nSPS) is 11.5. The first kappa shape index (κ1) is 18.1. The number of aromatic carboxylic acids is 1. The van der Waals surface area contributed by atoms with Crippen molar-refractivity contribution in [2.24, 2.45) is 5.14 Å². The third-order valence-corrected chi connectivity index (χ3v) is 4.98. The van der Waals surface area contributed by atoms with Gasteiger partial charge in [0.2, 0.25) is 10.0 Å². The molecule has 7 nitrogen and oxygen atoms in total. The van der Waals surface area contributed by atoms with E-state index in [1.165, 1.54) is 35.0 Å².